The van der Waals surface area contributed by atoms with Gasteiger partial charge in [0.1, 0.15) is 11.5 Å². The van der Waals surface area contributed by atoms with Crippen LogP contribution in [0.4, 0.5) is 0 Å². The SMILES string of the molecule is CCOC(=O)/C=C/c1ccc(CC)o1. The van der Waals surface area contributed by atoms with Gasteiger partial charge in [-0.1, -0.05) is 6.92 Å². The molecule has 0 N–H and O–H groups in total. The normalized spacial score (nSPS) is 10.7. The van der Waals surface area contributed by atoms with Gasteiger partial charge in [-0.3, -0.25) is 0 Å². The molecule has 0 radical (unpaired) electrons. The fourth-order valence-corrected chi connectivity index (χ4v) is 1.01. The lowest BCUT2D eigenvalue weighted by Crippen LogP contribution is -1.98. The van der Waals surface area contributed by atoms with Crippen molar-refractivity contribution in [3.63, 3.8) is 0 Å². The van der Waals surface area contributed by atoms with Gasteiger partial charge in [-0.15, -0.1) is 0 Å². The Labute approximate surface area is 83.4 Å². The molecule has 1 aromatic heterocycles. The van der Waals surface area contributed by atoms with Crippen LogP contribution in [0.1, 0.15) is 25.4 Å². The molecule has 0 fully saturated rings. The summed E-state index contributed by atoms with van der Waals surface area (Å²) in [5.74, 6) is 1.24. The van der Waals surface area contributed by atoms with E-state index in [2.05, 4.69) is 0 Å². The van der Waals surface area contributed by atoms with Crippen molar-refractivity contribution < 1.29 is 13.9 Å². The zero-order chi connectivity index (χ0) is 10.4. The molecule has 0 aliphatic heterocycles. The van der Waals surface area contributed by atoms with Crippen LogP contribution in [0.2, 0.25) is 0 Å². The molecular formula is C11H14O3. The summed E-state index contributed by atoms with van der Waals surface area (Å²) in [5.41, 5.74) is 0. The van der Waals surface area contributed by atoms with Gasteiger partial charge in [0.25, 0.3) is 0 Å². The van der Waals surface area contributed by atoms with Crippen LogP contribution in [0, 0.1) is 0 Å². The Balaban J connectivity index is 2.55. The molecule has 3 heteroatoms. The standard InChI is InChI=1S/C11H14O3/c1-3-9-5-6-10(14-9)7-8-11(12)13-4-2/h5-8H,3-4H2,1-2H3/b8-7+. The number of rotatable bonds is 4. The third-order valence-corrected chi connectivity index (χ3v) is 1.70. The fourth-order valence-electron chi connectivity index (χ4n) is 1.01. The number of furan rings is 1. The zero-order valence-electron chi connectivity index (χ0n) is 8.45. The van der Waals surface area contributed by atoms with Crippen molar-refractivity contribution in [3.05, 3.63) is 29.7 Å². The molecule has 14 heavy (non-hydrogen) atoms. The fraction of sp³-hybridized carbons (Fsp3) is 0.364. The predicted octanol–water partition coefficient (Wildman–Crippen LogP) is 2.42. The monoisotopic (exact) mass is 194 g/mol. The van der Waals surface area contributed by atoms with Crippen LogP contribution in [0.5, 0.6) is 0 Å². The zero-order valence-corrected chi connectivity index (χ0v) is 8.45. The number of aryl methyl sites for hydroxylation is 1. The lowest BCUT2D eigenvalue weighted by atomic mass is 10.3. The van der Waals surface area contributed by atoms with Crippen molar-refractivity contribution in [2.45, 2.75) is 20.3 Å². The highest BCUT2D eigenvalue weighted by atomic mass is 16.5. The third kappa shape index (κ3) is 3.09. The van der Waals surface area contributed by atoms with E-state index in [1.807, 2.05) is 19.1 Å². The second kappa shape index (κ2) is 5.27. The molecule has 0 aliphatic rings. The molecule has 3 nitrogen and oxygen atoms in total. The van der Waals surface area contributed by atoms with Crippen LogP contribution in [0.25, 0.3) is 6.08 Å². The second-order valence-electron chi connectivity index (χ2n) is 2.74. The molecule has 0 aliphatic carbocycles. The van der Waals surface area contributed by atoms with Crippen molar-refractivity contribution in [1.29, 1.82) is 0 Å². The van der Waals surface area contributed by atoms with Gasteiger partial charge < -0.3 is 9.15 Å². The Bertz CT molecular complexity index is 323. The number of esters is 1. The van der Waals surface area contributed by atoms with Crippen molar-refractivity contribution in [1.82, 2.24) is 0 Å². The van der Waals surface area contributed by atoms with Gasteiger partial charge >= 0.3 is 5.97 Å². The average Bonchev–Trinajstić information content (AvgIpc) is 2.63. The van der Waals surface area contributed by atoms with Gasteiger partial charge in [0.15, 0.2) is 0 Å². The minimum absolute atomic E-state index is 0.345. The van der Waals surface area contributed by atoms with Gasteiger partial charge in [0.05, 0.1) is 6.61 Å². The molecule has 0 bridgehead atoms. The van der Waals surface area contributed by atoms with Crippen molar-refractivity contribution in [2.75, 3.05) is 6.61 Å². The van der Waals surface area contributed by atoms with E-state index in [4.69, 9.17) is 9.15 Å². The Kier molecular flexibility index (Phi) is 3.98. The number of hydrogen-bond donors (Lipinski definition) is 0. The quantitative estimate of drug-likeness (QED) is 0.545. The van der Waals surface area contributed by atoms with E-state index in [0.717, 1.165) is 12.2 Å². The lowest BCUT2D eigenvalue weighted by molar-refractivity contribution is -0.137. The predicted molar refractivity (Wildman–Crippen MR) is 53.8 cm³/mol. The van der Waals surface area contributed by atoms with Gasteiger partial charge in [0, 0.05) is 12.5 Å². The first-order valence-corrected chi connectivity index (χ1v) is 4.69. The van der Waals surface area contributed by atoms with E-state index < -0.39 is 0 Å². The van der Waals surface area contributed by atoms with Gasteiger partial charge in [0.2, 0.25) is 0 Å². The number of carbonyl (C=O) groups is 1. The Morgan fingerprint density at radius 2 is 2.29 bits per heavy atom. The molecular weight excluding hydrogens is 180 g/mol. The number of hydrogen-bond acceptors (Lipinski definition) is 3. The van der Waals surface area contributed by atoms with Crippen LogP contribution in [-0.2, 0) is 16.0 Å². The summed E-state index contributed by atoms with van der Waals surface area (Å²) in [4.78, 5) is 10.9. The van der Waals surface area contributed by atoms with Crippen LogP contribution in [0.3, 0.4) is 0 Å². The molecule has 0 saturated heterocycles. The second-order valence-corrected chi connectivity index (χ2v) is 2.74. The van der Waals surface area contributed by atoms with Crippen LogP contribution < -0.4 is 0 Å². The summed E-state index contributed by atoms with van der Waals surface area (Å²) in [6, 6.07) is 3.72. The third-order valence-electron chi connectivity index (χ3n) is 1.70. The number of carbonyl (C=O) groups excluding carboxylic acids is 1. The van der Waals surface area contributed by atoms with Crippen molar-refractivity contribution >= 4 is 12.0 Å². The Morgan fingerprint density at radius 1 is 1.50 bits per heavy atom. The van der Waals surface area contributed by atoms with Gasteiger partial charge in [-0.25, -0.2) is 4.79 Å². The minimum Gasteiger partial charge on any atom is -0.463 e. The molecule has 0 amide bonds. The molecule has 0 atom stereocenters. The summed E-state index contributed by atoms with van der Waals surface area (Å²) in [6.07, 6.45) is 3.83. The van der Waals surface area contributed by atoms with E-state index in [1.54, 1.807) is 13.0 Å². The molecule has 0 unspecified atom stereocenters. The first-order valence-electron chi connectivity index (χ1n) is 4.69. The molecule has 1 heterocycles. The highest BCUT2D eigenvalue weighted by Crippen LogP contribution is 2.09. The largest absolute Gasteiger partial charge is 0.463 e. The molecule has 0 spiro atoms. The summed E-state index contributed by atoms with van der Waals surface area (Å²) < 4.78 is 10.1. The Hall–Kier alpha value is -1.51. The van der Waals surface area contributed by atoms with E-state index >= 15 is 0 Å². The first-order chi connectivity index (χ1) is 6.76. The average molecular weight is 194 g/mol. The van der Waals surface area contributed by atoms with Crippen molar-refractivity contribution in [2.24, 2.45) is 0 Å². The summed E-state index contributed by atoms with van der Waals surface area (Å²) in [7, 11) is 0. The molecule has 1 rings (SSSR count). The molecule has 1 aromatic rings. The first kappa shape index (κ1) is 10.6. The van der Waals surface area contributed by atoms with E-state index in [0.29, 0.717) is 12.4 Å². The van der Waals surface area contributed by atoms with E-state index in [-0.39, 0.29) is 5.97 Å². The van der Waals surface area contributed by atoms with Gasteiger partial charge in [-0.05, 0) is 25.1 Å². The summed E-state index contributed by atoms with van der Waals surface area (Å²) >= 11 is 0. The minimum atomic E-state index is -0.345. The smallest absolute Gasteiger partial charge is 0.330 e. The summed E-state index contributed by atoms with van der Waals surface area (Å²) in [5, 5.41) is 0. The highest BCUT2D eigenvalue weighted by molar-refractivity contribution is 5.86. The van der Waals surface area contributed by atoms with Crippen molar-refractivity contribution in [3.8, 4) is 0 Å². The Morgan fingerprint density at radius 3 is 2.86 bits per heavy atom. The molecule has 0 aromatic carbocycles. The maximum atomic E-state index is 10.9. The van der Waals surface area contributed by atoms with E-state index in [1.165, 1.54) is 6.08 Å². The van der Waals surface area contributed by atoms with Crippen LogP contribution >= 0.6 is 0 Å². The maximum Gasteiger partial charge on any atom is 0.330 e. The highest BCUT2D eigenvalue weighted by Gasteiger charge is 1.98. The number of ether oxygens (including phenoxy) is 1. The van der Waals surface area contributed by atoms with Gasteiger partial charge in [-0.2, -0.15) is 0 Å². The molecule has 76 valence electrons. The van der Waals surface area contributed by atoms with Crippen LogP contribution in [0.15, 0.2) is 22.6 Å². The molecule has 0 saturated carbocycles. The topological polar surface area (TPSA) is 39.4 Å². The van der Waals surface area contributed by atoms with Crippen LogP contribution in [-0.4, -0.2) is 12.6 Å². The summed E-state index contributed by atoms with van der Waals surface area (Å²) in [6.45, 7) is 4.17. The van der Waals surface area contributed by atoms with E-state index in [9.17, 15) is 4.79 Å². The lowest BCUT2D eigenvalue weighted by Gasteiger charge is -1.93. The maximum absolute atomic E-state index is 10.9.